The van der Waals surface area contributed by atoms with Gasteiger partial charge in [0, 0.05) is 11.3 Å². The van der Waals surface area contributed by atoms with Crippen molar-refractivity contribution in [2.75, 3.05) is 0 Å². The van der Waals surface area contributed by atoms with Gasteiger partial charge in [-0.25, -0.2) is 4.79 Å². The zero-order valence-corrected chi connectivity index (χ0v) is 13.5. The summed E-state index contributed by atoms with van der Waals surface area (Å²) in [6, 6.07) is 2.40. The number of nitrogens with zero attached hydrogens (tertiary/aromatic N) is 1. The highest BCUT2D eigenvalue weighted by Gasteiger charge is 2.40. The first-order valence-electron chi connectivity index (χ1n) is 6.15. The van der Waals surface area contributed by atoms with Crippen molar-refractivity contribution in [1.82, 2.24) is 4.90 Å². The van der Waals surface area contributed by atoms with Gasteiger partial charge in [-0.1, -0.05) is 30.0 Å². The summed E-state index contributed by atoms with van der Waals surface area (Å²) in [6.45, 7) is 0. The molecule has 1 aliphatic rings. The third-order valence-electron chi connectivity index (χ3n) is 2.87. The average molecular weight is 357 g/mol. The van der Waals surface area contributed by atoms with Crippen LogP contribution in [-0.2, 0) is 14.4 Å². The average Bonchev–Trinajstić information content (AvgIpc) is 3.02. The van der Waals surface area contributed by atoms with E-state index in [9.17, 15) is 19.5 Å². The van der Waals surface area contributed by atoms with E-state index in [0.717, 1.165) is 21.5 Å². The fraction of sp³-hybridized carbons (Fsp3) is 0.231. The summed E-state index contributed by atoms with van der Waals surface area (Å²) in [7, 11) is 0. The van der Waals surface area contributed by atoms with Gasteiger partial charge in [-0.15, -0.1) is 11.3 Å². The summed E-state index contributed by atoms with van der Waals surface area (Å²) in [5.74, 6) is -2.89. The second-order valence-electron chi connectivity index (χ2n) is 4.35. The normalized spacial score (nSPS) is 18.0. The molecule has 0 radical (unpaired) electrons. The molecule has 0 bridgehead atoms. The number of carbonyl (C=O) groups excluding carboxylic acids is 1. The van der Waals surface area contributed by atoms with Crippen molar-refractivity contribution in [3.05, 3.63) is 27.3 Å². The minimum atomic E-state index is -1.27. The molecule has 1 saturated heterocycles. The van der Waals surface area contributed by atoms with E-state index in [-0.39, 0.29) is 17.2 Å². The quantitative estimate of drug-likeness (QED) is 0.595. The van der Waals surface area contributed by atoms with Crippen LogP contribution in [0.4, 0.5) is 0 Å². The maximum absolute atomic E-state index is 12.4. The Morgan fingerprint density at radius 1 is 1.41 bits per heavy atom. The van der Waals surface area contributed by atoms with Gasteiger partial charge < -0.3 is 10.2 Å². The molecule has 22 heavy (non-hydrogen) atoms. The Hall–Kier alpha value is -1.71. The van der Waals surface area contributed by atoms with Gasteiger partial charge >= 0.3 is 11.9 Å². The highest BCUT2D eigenvalue weighted by Crippen LogP contribution is 2.35. The number of hydrogen-bond donors (Lipinski definition) is 2. The van der Waals surface area contributed by atoms with E-state index in [0.29, 0.717) is 4.91 Å². The maximum atomic E-state index is 12.4. The largest absolute Gasteiger partial charge is 0.481 e. The Morgan fingerprint density at radius 2 is 2.14 bits per heavy atom. The van der Waals surface area contributed by atoms with Gasteiger partial charge in [0.1, 0.15) is 10.4 Å². The standard InChI is InChI=1S/C13H11NO5S3/c15-10(16)4-3-8(12(18)19)14-11(17)9(22-13(14)20)6-7-2-1-5-21-7/h1-2,5-6,8H,3-4H2,(H,15,16)(H,18,19)/b9-6-/t8-/m0/s1. The van der Waals surface area contributed by atoms with E-state index in [1.165, 1.54) is 11.3 Å². The first-order chi connectivity index (χ1) is 10.4. The highest BCUT2D eigenvalue weighted by atomic mass is 32.2. The fourth-order valence-corrected chi connectivity index (χ4v) is 3.95. The Bertz CT molecular complexity index is 653. The van der Waals surface area contributed by atoms with Crippen molar-refractivity contribution in [1.29, 1.82) is 0 Å². The molecule has 1 fully saturated rings. The van der Waals surface area contributed by atoms with Crippen molar-refractivity contribution in [3.63, 3.8) is 0 Å². The lowest BCUT2D eigenvalue weighted by Gasteiger charge is -2.22. The van der Waals surface area contributed by atoms with Crippen LogP contribution in [0.3, 0.4) is 0 Å². The number of carboxylic acid groups (broad SMARTS) is 2. The van der Waals surface area contributed by atoms with E-state index in [4.69, 9.17) is 17.3 Å². The molecule has 116 valence electrons. The SMILES string of the molecule is O=C(O)CC[C@@H](C(=O)O)N1C(=O)/C(=C/c2cccs2)SC1=S. The zero-order valence-electron chi connectivity index (χ0n) is 11.1. The highest BCUT2D eigenvalue weighted by molar-refractivity contribution is 8.26. The van der Waals surface area contributed by atoms with Crippen LogP contribution in [-0.4, -0.2) is 43.3 Å². The molecule has 0 spiro atoms. The van der Waals surface area contributed by atoms with Gasteiger partial charge in [0.25, 0.3) is 5.91 Å². The molecule has 9 heteroatoms. The predicted molar refractivity (Wildman–Crippen MR) is 87.6 cm³/mol. The molecule has 2 N–H and O–H groups in total. The van der Waals surface area contributed by atoms with E-state index in [2.05, 4.69) is 0 Å². The Morgan fingerprint density at radius 3 is 2.68 bits per heavy atom. The third-order valence-corrected chi connectivity index (χ3v) is 5.02. The summed E-state index contributed by atoms with van der Waals surface area (Å²) in [6.07, 6.45) is 1.11. The summed E-state index contributed by atoms with van der Waals surface area (Å²) in [4.78, 5) is 36.5. The van der Waals surface area contributed by atoms with Gasteiger partial charge in [0.15, 0.2) is 0 Å². The number of aliphatic carboxylic acids is 2. The number of rotatable bonds is 6. The number of amides is 1. The minimum Gasteiger partial charge on any atom is -0.481 e. The van der Waals surface area contributed by atoms with Gasteiger partial charge in [-0.3, -0.25) is 14.5 Å². The van der Waals surface area contributed by atoms with Crippen LogP contribution >= 0.6 is 35.3 Å². The first-order valence-corrected chi connectivity index (χ1v) is 8.25. The molecule has 0 aromatic carbocycles. The third kappa shape index (κ3) is 3.73. The second kappa shape index (κ2) is 7.03. The molecular weight excluding hydrogens is 346 g/mol. The molecule has 2 rings (SSSR count). The summed E-state index contributed by atoms with van der Waals surface area (Å²) < 4.78 is 0.130. The van der Waals surface area contributed by atoms with E-state index in [1.54, 1.807) is 6.08 Å². The van der Waals surface area contributed by atoms with E-state index in [1.807, 2.05) is 17.5 Å². The van der Waals surface area contributed by atoms with E-state index >= 15 is 0 Å². The second-order valence-corrected chi connectivity index (χ2v) is 7.01. The van der Waals surface area contributed by atoms with Gasteiger partial charge in [0.05, 0.1) is 4.91 Å². The molecular formula is C13H11NO5S3. The molecule has 0 aliphatic carbocycles. The number of thiophene rings is 1. The van der Waals surface area contributed by atoms with Gasteiger partial charge in [-0.2, -0.15) is 0 Å². The Labute approximate surface area is 139 Å². The number of carboxylic acids is 2. The summed E-state index contributed by atoms with van der Waals surface area (Å²) in [5, 5.41) is 19.8. The lowest BCUT2D eigenvalue weighted by Crippen LogP contribution is -2.44. The topological polar surface area (TPSA) is 94.9 Å². The fourth-order valence-electron chi connectivity index (χ4n) is 1.87. The predicted octanol–water partition coefficient (Wildman–Crippen LogP) is 2.27. The lowest BCUT2D eigenvalue weighted by molar-refractivity contribution is -0.146. The number of carbonyl (C=O) groups is 3. The maximum Gasteiger partial charge on any atom is 0.326 e. The van der Waals surface area contributed by atoms with Crippen LogP contribution in [0.5, 0.6) is 0 Å². The van der Waals surface area contributed by atoms with Gasteiger partial charge in [0.2, 0.25) is 0 Å². The Kier molecular flexibility index (Phi) is 5.33. The van der Waals surface area contributed by atoms with E-state index < -0.39 is 23.9 Å². The number of hydrogen-bond acceptors (Lipinski definition) is 6. The number of thioether (sulfide) groups is 1. The monoisotopic (exact) mass is 357 g/mol. The van der Waals surface area contributed by atoms with Crippen molar-refractivity contribution < 1.29 is 24.6 Å². The lowest BCUT2D eigenvalue weighted by atomic mass is 10.1. The minimum absolute atomic E-state index is 0.130. The van der Waals surface area contributed by atoms with Crippen LogP contribution in [0.1, 0.15) is 17.7 Å². The molecule has 1 aliphatic heterocycles. The zero-order chi connectivity index (χ0) is 16.3. The summed E-state index contributed by atoms with van der Waals surface area (Å²) in [5.41, 5.74) is 0. The molecule has 1 aromatic heterocycles. The Balaban J connectivity index is 2.22. The van der Waals surface area contributed by atoms with Crippen LogP contribution in [0.25, 0.3) is 6.08 Å². The van der Waals surface area contributed by atoms with Crippen molar-refractivity contribution in [2.45, 2.75) is 18.9 Å². The smallest absolute Gasteiger partial charge is 0.326 e. The molecule has 1 aromatic rings. The summed E-state index contributed by atoms with van der Waals surface area (Å²) >= 11 is 7.56. The van der Waals surface area contributed by atoms with Crippen LogP contribution in [0, 0.1) is 0 Å². The number of thiocarbonyl (C=S) groups is 1. The van der Waals surface area contributed by atoms with Crippen molar-refractivity contribution in [3.8, 4) is 0 Å². The van der Waals surface area contributed by atoms with Crippen LogP contribution in [0.2, 0.25) is 0 Å². The first kappa shape index (κ1) is 16.7. The van der Waals surface area contributed by atoms with Gasteiger partial charge in [-0.05, 0) is 23.9 Å². The van der Waals surface area contributed by atoms with Crippen LogP contribution < -0.4 is 0 Å². The molecule has 2 heterocycles. The molecule has 0 saturated carbocycles. The molecule has 1 atom stereocenters. The molecule has 1 amide bonds. The molecule has 6 nitrogen and oxygen atoms in total. The molecule has 0 unspecified atom stereocenters. The van der Waals surface area contributed by atoms with Crippen LogP contribution in [0.15, 0.2) is 22.4 Å². The van der Waals surface area contributed by atoms with Crippen molar-refractivity contribution in [2.24, 2.45) is 0 Å². The van der Waals surface area contributed by atoms with Crippen molar-refractivity contribution >= 4 is 63.6 Å².